The molecule has 0 spiro atoms. The number of nitro groups is 1. The lowest BCUT2D eigenvalue weighted by Crippen LogP contribution is -2.33. The van der Waals surface area contributed by atoms with Crippen LogP contribution in [0.5, 0.6) is 0 Å². The number of nitrogens with zero attached hydrogens (tertiary/aromatic N) is 3. The van der Waals surface area contributed by atoms with E-state index in [4.69, 9.17) is 4.74 Å². The number of hydrogen-bond donors (Lipinski definition) is 1. The number of nitrogens with one attached hydrogen (secondary N) is 1. The van der Waals surface area contributed by atoms with Crippen molar-refractivity contribution in [1.82, 2.24) is 4.57 Å². The van der Waals surface area contributed by atoms with Crippen molar-refractivity contribution in [2.45, 2.75) is 29.7 Å². The first-order valence-corrected chi connectivity index (χ1v) is 15.5. The van der Waals surface area contributed by atoms with E-state index in [1.165, 1.54) is 41.0 Å². The second-order valence-electron chi connectivity index (χ2n) is 10.2. The molecule has 3 amide bonds. The predicted octanol–water partition coefficient (Wildman–Crippen LogP) is 4.43. The minimum Gasteiger partial charge on any atom is -0.462 e. The predicted molar refractivity (Wildman–Crippen MR) is 167 cm³/mol. The molecule has 1 N–H and O–H groups in total. The number of aromatic nitrogens is 1. The van der Waals surface area contributed by atoms with Gasteiger partial charge in [-0.1, -0.05) is 53.4 Å². The van der Waals surface area contributed by atoms with E-state index < -0.39 is 50.6 Å². The van der Waals surface area contributed by atoms with Gasteiger partial charge in [0.1, 0.15) is 11.8 Å². The number of amides is 3. The number of carbonyl (C=O) groups excluding carboxylic acids is 4. The Labute approximate surface area is 263 Å². The molecule has 2 aliphatic rings. The zero-order chi connectivity index (χ0) is 31.8. The maximum Gasteiger partial charge on any atom is 0.338 e. The summed E-state index contributed by atoms with van der Waals surface area (Å²) in [4.78, 5) is 77.9. The van der Waals surface area contributed by atoms with Gasteiger partial charge in [0.25, 0.3) is 5.69 Å². The second-order valence-corrected chi connectivity index (χ2v) is 12.3. The van der Waals surface area contributed by atoms with Crippen LogP contribution < -0.4 is 15.1 Å². The topological polar surface area (TPSA) is 158 Å². The van der Waals surface area contributed by atoms with Gasteiger partial charge in [0.2, 0.25) is 17.7 Å². The zero-order valence-corrected chi connectivity index (χ0v) is 25.2. The highest BCUT2D eigenvalue weighted by Gasteiger charge is 2.56. The molecule has 0 bridgehead atoms. The molecule has 2 unspecified atom stereocenters. The van der Waals surface area contributed by atoms with Crippen molar-refractivity contribution in [1.29, 1.82) is 0 Å². The number of thioether (sulfide) groups is 1. The van der Waals surface area contributed by atoms with Crippen molar-refractivity contribution in [3.8, 4) is 0 Å². The Hall–Kier alpha value is -5.08. The molecule has 1 saturated heterocycles. The van der Waals surface area contributed by atoms with E-state index >= 15 is 0 Å². The summed E-state index contributed by atoms with van der Waals surface area (Å²) >= 11 is 2.00. The van der Waals surface area contributed by atoms with Gasteiger partial charge in [-0.05, 0) is 48.9 Å². The van der Waals surface area contributed by atoms with Crippen LogP contribution in [0.3, 0.4) is 0 Å². The fraction of sp³-hybridized carbons (Fsp3) is 0.194. The normalized spacial score (nSPS) is 18.7. The average Bonchev–Trinajstić information content (AvgIpc) is 3.48. The third-order valence-electron chi connectivity index (χ3n) is 7.51. The summed E-state index contributed by atoms with van der Waals surface area (Å²) in [7, 11) is 0. The number of rotatable bonds is 8. The standard InChI is InChI=1S/C31H24N4O8S2/c1-2-43-30(39)18-8-10-19(11-9-18)32-22(36)16-33-29-26(45-31(33)40)23(17-6-4-3-5-7-17)24-25(44-29)28(38)34(27(24)37)20-12-14-21(15-13-20)35(41)42/h3-15,23-25H,2,16H2,1H3,(H,32,36)/t23-,24?,25?/m0/s1. The molecule has 6 rings (SSSR count). The van der Waals surface area contributed by atoms with E-state index in [-0.39, 0.29) is 24.5 Å². The maximum atomic E-state index is 13.9. The van der Waals surface area contributed by atoms with E-state index in [1.807, 2.05) is 30.3 Å². The van der Waals surface area contributed by atoms with Crippen LogP contribution in [-0.4, -0.2) is 45.0 Å². The molecular formula is C31H24N4O8S2. The molecule has 0 aliphatic carbocycles. The van der Waals surface area contributed by atoms with E-state index in [1.54, 1.807) is 19.1 Å². The number of anilines is 2. The van der Waals surface area contributed by atoms with Crippen LogP contribution in [0, 0.1) is 16.0 Å². The fourth-order valence-corrected chi connectivity index (χ4v) is 8.27. The third kappa shape index (κ3) is 5.53. The van der Waals surface area contributed by atoms with Crippen LogP contribution in [0.15, 0.2) is 88.7 Å². The van der Waals surface area contributed by atoms with Gasteiger partial charge in [-0.3, -0.25) is 33.9 Å². The number of thiazole rings is 1. The molecule has 2 aliphatic heterocycles. The summed E-state index contributed by atoms with van der Waals surface area (Å²) in [6, 6.07) is 20.4. The molecule has 4 aromatic rings. The Kier molecular flexibility index (Phi) is 8.08. The van der Waals surface area contributed by atoms with Crippen molar-refractivity contribution >= 4 is 63.9 Å². The Morgan fingerprint density at radius 1 is 0.956 bits per heavy atom. The molecule has 1 fully saturated rings. The van der Waals surface area contributed by atoms with Crippen LogP contribution in [0.25, 0.3) is 0 Å². The van der Waals surface area contributed by atoms with Crippen molar-refractivity contribution in [2.75, 3.05) is 16.8 Å². The quantitative estimate of drug-likeness (QED) is 0.127. The molecule has 0 radical (unpaired) electrons. The highest BCUT2D eigenvalue weighted by atomic mass is 32.2. The van der Waals surface area contributed by atoms with Crippen LogP contribution in [0.4, 0.5) is 17.1 Å². The number of fused-ring (bicyclic) bond motifs is 2. The number of hydrogen-bond acceptors (Lipinski definition) is 10. The Balaban J connectivity index is 1.31. The lowest BCUT2D eigenvalue weighted by atomic mass is 9.83. The van der Waals surface area contributed by atoms with E-state index in [9.17, 15) is 34.1 Å². The molecule has 3 atom stereocenters. The molecule has 45 heavy (non-hydrogen) atoms. The minimum atomic E-state index is -0.899. The van der Waals surface area contributed by atoms with Crippen molar-refractivity contribution in [2.24, 2.45) is 5.92 Å². The first-order valence-electron chi connectivity index (χ1n) is 13.8. The van der Waals surface area contributed by atoms with Gasteiger partial charge in [-0.15, -0.1) is 0 Å². The summed E-state index contributed by atoms with van der Waals surface area (Å²) < 4.78 is 6.29. The van der Waals surface area contributed by atoms with Crippen LogP contribution >= 0.6 is 23.1 Å². The molecule has 1 aromatic heterocycles. The Morgan fingerprint density at radius 3 is 2.29 bits per heavy atom. The van der Waals surface area contributed by atoms with Gasteiger partial charge in [0.05, 0.1) is 33.7 Å². The number of esters is 1. The van der Waals surface area contributed by atoms with Crippen LogP contribution in [-0.2, 0) is 25.7 Å². The zero-order valence-electron chi connectivity index (χ0n) is 23.6. The smallest absolute Gasteiger partial charge is 0.338 e. The van der Waals surface area contributed by atoms with Crippen LogP contribution in [0.2, 0.25) is 0 Å². The molecule has 3 heterocycles. The minimum absolute atomic E-state index is 0.175. The number of non-ortho nitro benzene ring substituents is 1. The monoisotopic (exact) mass is 644 g/mol. The van der Waals surface area contributed by atoms with Gasteiger partial charge in [0, 0.05) is 28.6 Å². The summed E-state index contributed by atoms with van der Waals surface area (Å²) in [6.45, 7) is 1.59. The number of benzene rings is 3. The van der Waals surface area contributed by atoms with Crippen molar-refractivity contribution in [3.63, 3.8) is 0 Å². The Morgan fingerprint density at radius 2 is 1.64 bits per heavy atom. The summed E-state index contributed by atoms with van der Waals surface area (Å²) in [5, 5.41) is 13.4. The lowest BCUT2D eigenvalue weighted by Gasteiger charge is -2.30. The molecule has 14 heteroatoms. The third-order valence-corrected chi connectivity index (χ3v) is 10.1. The number of imide groups is 1. The first-order chi connectivity index (χ1) is 21.7. The molecule has 3 aromatic carbocycles. The van der Waals surface area contributed by atoms with Gasteiger partial charge in [0.15, 0.2) is 0 Å². The molecule has 0 saturated carbocycles. The maximum absolute atomic E-state index is 13.9. The van der Waals surface area contributed by atoms with Crippen molar-refractivity contribution < 1.29 is 28.8 Å². The SMILES string of the molecule is CCOC(=O)c1ccc(NC(=O)Cn2c3c(sc2=O)[C@@H](c2ccccc2)C2C(=O)N(c4ccc([N+](=O)[O-])cc4)C(=O)C2S3)cc1. The van der Waals surface area contributed by atoms with Gasteiger partial charge in [-0.25, -0.2) is 9.69 Å². The molecule has 228 valence electrons. The fourth-order valence-electron chi connectivity index (χ4n) is 5.50. The summed E-state index contributed by atoms with van der Waals surface area (Å²) in [5.41, 5.74) is 1.52. The average molecular weight is 645 g/mol. The van der Waals surface area contributed by atoms with E-state index in [0.717, 1.165) is 33.6 Å². The summed E-state index contributed by atoms with van der Waals surface area (Å²) in [5.74, 6) is -3.44. The lowest BCUT2D eigenvalue weighted by molar-refractivity contribution is -0.384. The number of nitro benzene ring substituents is 1. The highest BCUT2D eigenvalue weighted by molar-refractivity contribution is 8.00. The number of carbonyl (C=O) groups is 4. The van der Waals surface area contributed by atoms with E-state index in [0.29, 0.717) is 21.2 Å². The van der Waals surface area contributed by atoms with Gasteiger partial charge >= 0.3 is 10.8 Å². The second kappa shape index (κ2) is 12.1. The van der Waals surface area contributed by atoms with E-state index in [2.05, 4.69) is 5.32 Å². The van der Waals surface area contributed by atoms with Crippen molar-refractivity contribution in [3.05, 3.63) is 115 Å². The molecular weight excluding hydrogens is 620 g/mol. The first kappa shape index (κ1) is 30.0. The van der Waals surface area contributed by atoms with Gasteiger partial charge in [-0.2, -0.15) is 0 Å². The van der Waals surface area contributed by atoms with Crippen LogP contribution in [0.1, 0.15) is 33.6 Å². The Bertz CT molecular complexity index is 1890. The largest absolute Gasteiger partial charge is 0.462 e. The van der Waals surface area contributed by atoms with Gasteiger partial charge < -0.3 is 10.1 Å². The highest BCUT2D eigenvalue weighted by Crippen LogP contribution is 2.53. The number of ether oxygens (including phenoxy) is 1. The molecule has 12 nitrogen and oxygen atoms in total. The summed E-state index contributed by atoms with van der Waals surface area (Å²) in [6.07, 6.45) is 0.